The second-order valence-electron chi connectivity index (χ2n) is 13.0. The molecule has 11 heteroatoms. The predicted octanol–water partition coefficient (Wildman–Crippen LogP) is 3.94. The van der Waals surface area contributed by atoms with Gasteiger partial charge in [-0.15, -0.1) is 5.10 Å². The molecule has 0 bridgehead atoms. The van der Waals surface area contributed by atoms with Gasteiger partial charge in [-0.1, -0.05) is 0 Å². The summed E-state index contributed by atoms with van der Waals surface area (Å²) < 4.78 is 15.4. The van der Waals surface area contributed by atoms with Crippen LogP contribution >= 0.6 is 0 Å². The molecule has 2 amide bonds. The van der Waals surface area contributed by atoms with Crippen molar-refractivity contribution in [2.75, 3.05) is 6.61 Å². The van der Waals surface area contributed by atoms with Crippen LogP contribution in [-0.2, 0) is 0 Å². The SMILES string of the molecule is Cc1ccn2nc(OC3CC4(CC(NC(=O)c5nn(C(C)C)c6cc(OCC(C)(C)O)ccc56)C4)C3)c(C(N)=O)c2c1. The number of nitrogens with one attached hydrogen (secondary N) is 1. The van der Waals surface area contributed by atoms with Gasteiger partial charge in [0, 0.05) is 29.7 Å². The smallest absolute Gasteiger partial charge is 0.272 e. The summed E-state index contributed by atoms with van der Waals surface area (Å²) in [5.74, 6) is 0.139. The molecule has 0 radical (unpaired) electrons. The maximum absolute atomic E-state index is 13.3. The molecule has 42 heavy (non-hydrogen) atoms. The first kappa shape index (κ1) is 28.0. The molecule has 0 atom stereocenters. The number of aromatic nitrogens is 4. The molecule has 3 aromatic heterocycles. The number of ether oxygens (including phenoxy) is 2. The van der Waals surface area contributed by atoms with Crippen LogP contribution < -0.4 is 20.5 Å². The van der Waals surface area contributed by atoms with Crippen LogP contribution in [-0.4, -0.2) is 60.7 Å². The number of carbonyl (C=O) groups excluding carboxylic acids is 2. The summed E-state index contributed by atoms with van der Waals surface area (Å²) in [6, 6.07) is 9.42. The lowest BCUT2D eigenvalue weighted by atomic mass is 9.53. The van der Waals surface area contributed by atoms with Crippen molar-refractivity contribution < 1.29 is 24.2 Å². The number of amides is 2. The number of nitrogens with zero attached hydrogens (tertiary/aromatic N) is 4. The first-order valence-corrected chi connectivity index (χ1v) is 14.4. The number of fused-ring (bicyclic) bond motifs is 2. The molecule has 2 saturated carbocycles. The summed E-state index contributed by atoms with van der Waals surface area (Å²) in [7, 11) is 0. The largest absolute Gasteiger partial charge is 0.491 e. The number of aryl methyl sites for hydroxylation is 1. The van der Waals surface area contributed by atoms with Crippen molar-refractivity contribution in [3.63, 3.8) is 0 Å². The lowest BCUT2D eigenvalue weighted by Crippen LogP contribution is -2.58. The van der Waals surface area contributed by atoms with Gasteiger partial charge in [-0.25, -0.2) is 4.52 Å². The van der Waals surface area contributed by atoms with E-state index in [1.807, 2.05) is 49.7 Å². The van der Waals surface area contributed by atoms with E-state index in [4.69, 9.17) is 15.2 Å². The van der Waals surface area contributed by atoms with Gasteiger partial charge in [-0.2, -0.15) is 5.10 Å². The van der Waals surface area contributed by atoms with Crippen molar-refractivity contribution in [2.45, 2.75) is 84.1 Å². The monoisotopic (exact) mass is 574 g/mol. The lowest BCUT2D eigenvalue weighted by Gasteiger charge is -2.57. The molecule has 6 rings (SSSR count). The molecule has 4 N–H and O–H groups in total. The summed E-state index contributed by atoms with van der Waals surface area (Å²) in [5, 5.41) is 23.1. The highest BCUT2D eigenvalue weighted by molar-refractivity contribution is 6.05. The highest BCUT2D eigenvalue weighted by Gasteiger charge is 2.54. The van der Waals surface area contributed by atoms with Crippen molar-refractivity contribution in [3.05, 3.63) is 53.3 Å². The molecule has 2 fully saturated rings. The number of aliphatic hydroxyl groups is 1. The zero-order valence-electron chi connectivity index (χ0n) is 24.7. The fraction of sp³-hybridized carbons (Fsp3) is 0.484. The average Bonchev–Trinajstić information content (AvgIpc) is 3.42. The minimum absolute atomic E-state index is 0.0458. The number of hydrogen-bond donors (Lipinski definition) is 3. The van der Waals surface area contributed by atoms with E-state index in [0.29, 0.717) is 22.5 Å². The van der Waals surface area contributed by atoms with E-state index in [1.54, 1.807) is 30.6 Å². The van der Waals surface area contributed by atoms with Gasteiger partial charge in [0.2, 0.25) is 5.88 Å². The molecule has 0 aliphatic heterocycles. The number of hydrogen-bond acceptors (Lipinski definition) is 7. The normalized spacial score (nSPS) is 21.9. The second kappa shape index (κ2) is 10.0. The van der Waals surface area contributed by atoms with Gasteiger partial charge in [0.1, 0.15) is 24.0 Å². The van der Waals surface area contributed by atoms with Gasteiger partial charge in [0.15, 0.2) is 5.69 Å². The Balaban J connectivity index is 1.08. The molecule has 0 unspecified atom stereocenters. The molecule has 0 saturated heterocycles. The van der Waals surface area contributed by atoms with Crippen LogP contribution in [0.5, 0.6) is 11.6 Å². The molecular weight excluding hydrogens is 536 g/mol. The fourth-order valence-electron chi connectivity index (χ4n) is 6.29. The number of nitrogens with two attached hydrogens (primary N) is 1. The van der Waals surface area contributed by atoms with E-state index in [2.05, 4.69) is 15.5 Å². The molecule has 3 heterocycles. The van der Waals surface area contributed by atoms with E-state index >= 15 is 0 Å². The third-order valence-corrected chi connectivity index (χ3v) is 8.27. The first-order valence-electron chi connectivity index (χ1n) is 14.4. The molecule has 2 aliphatic rings. The highest BCUT2D eigenvalue weighted by Crippen LogP contribution is 2.57. The molecule has 2 aliphatic carbocycles. The number of pyridine rings is 1. The highest BCUT2D eigenvalue weighted by atomic mass is 16.5. The molecule has 1 aromatic carbocycles. The Kier molecular flexibility index (Phi) is 6.68. The summed E-state index contributed by atoms with van der Waals surface area (Å²) in [4.78, 5) is 25.5. The van der Waals surface area contributed by atoms with Gasteiger partial charge >= 0.3 is 0 Å². The summed E-state index contributed by atoms with van der Waals surface area (Å²) in [6.45, 7) is 9.52. The van der Waals surface area contributed by atoms with Crippen LogP contribution in [0.4, 0.5) is 0 Å². The van der Waals surface area contributed by atoms with Crippen molar-refractivity contribution in [1.29, 1.82) is 0 Å². The molecule has 222 valence electrons. The van der Waals surface area contributed by atoms with E-state index in [0.717, 1.165) is 42.1 Å². The molecule has 1 spiro atoms. The van der Waals surface area contributed by atoms with Gasteiger partial charge < -0.3 is 25.6 Å². The lowest BCUT2D eigenvalue weighted by molar-refractivity contribution is -0.0848. The summed E-state index contributed by atoms with van der Waals surface area (Å²) in [5.41, 5.74) is 8.00. The Labute approximate surface area is 244 Å². The van der Waals surface area contributed by atoms with Gasteiger partial charge in [-0.05, 0) is 95.5 Å². The number of carbonyl (C=O) groups is 2. The van der Waals surface area contributed by atoms with Gasteiger partial charge in [-0.3, -0.25) is 14.3 Å². The Bertz CT molecular complexity index is 1680. The Morgan fingerprint density at radius 1 is 1.14 bits per heavy atom. The van der Waals surface area contributed by atoms with Crippen LogP contribution in [0.15, 0.2) is 36.5 Å². The topological polar surface area (TPSA) is 146 Å². The van der Waals surface area contributed by atoms with Crippen LogP contribution in [0.25, 0.3) is 16.4 Å². The average molecular weight is 575 g/mol. The predicted molar refractivity (Wildman–Crippen MR) is 157 cm³/mol. The molecular formula is C31H38N6O5. The van der Waals surface area contributed by atoms with Crippen LogP contribution in [0.1, 0.15) is 85.8 Å². The standard InChI is InChI=1S/C31H38N6O5/c1-17(2)37-23-11-20(41-16-30(4,5)40)6-7-22(23)26(34-37)28(39)33-19-12-31(13-19)14-21(15-31)42-29-25(27(32)38)24-10-18(3)8-9-36(24)35-29/h6-11,17,19,21,40H,12-16H2,1-5H3,(H2,32,38)(H,33,39). The maximum atomic E-state index is 13.3. The minimum Gasteiger partial charge on any atom is -0.491 e. The van der Waals surface area contributed by atoms with Crippen molar-refractivity contribution in [2.24, 2.45) is 11.1 Å². The van der Waals surface area contributed by atoms with Crippen LogP contribution in [0.2, 0.25) is 0 Å². The zero-order valence-corrected chi connectivity index (χ0v) is 24.7. The van der Waals surface area contributed by atoms with Crippen molar-refractivity contribution >= 4 is 28.2 Å². The first-order chi connectivity index (χ1) is 19.8. The quantitative estimate of drug-likeness (QED) is 0.274. The minimum atomic E-state index is -0.954. The number of benzene rings is 1. The zero-order chi connectivity index (χ0) is 30.0. The van der Waals surface area contributed by atoms with Crippen molar-refractivity contribution in [1.82, 2.24) is 24.7 Å². The van der Waals surface area contributed by atoms with Crippen LogP contribution in [0.3, 0.4) is 0 Å². The second-order valence-corrected chi connectivity index (χ2v) is 13.0. The Hall–Kier alpha value is -4.12. The van der Waals surface area contributed by atoms with Crippen LogP contribution in [0, 0.1) is 12.3 Å². The molecule has 4 aromatic rings. The van der Waals surface area contributed by atoms with E-state index in [-0.39, 0.29) is 42.0 Å². The van der Waals surface area contributed by atoms with E-state index in [1.165, 1.54) is 0 Å². The van der Waals surface area contributed by atoms with Crippen molar-refractivity contribution in [3.8, 4) is 11.6 Å². The summed E-state index contributed by atoms with van der Waals surface area (Å²) >= 11 is 0. The summed E-state index contributed by atoms with van der Waals surface area (Å²) in [6.07, 6.45) is 5.14. The van der Waals surface area contributed by atoms with E-state index < -0.39 is 11.5 Å². The maximum Gasteiger partial charge on any atom is 0.272 e. The van der Waals surface area contributed by atoms with Gasteiger partial charge in [0.05, 0.1) is 16.6 Å². The number of primary amides is 1. The number of rotatable bonds is 9. The Morgan fingerprint density at radius 3 is 2.55 bits per heavy atom. The Morgan fingerprint density at radius 2 is 1.88 bits per heavy atom. The van der Waals surface area contributed by atoms with Gasteiger partial charge in [0.25, 0.3) is 11.8 Å². The fourth-order valence-corrected chi connectivity index (χ4v) is 6.29. The third-order valence-electron chi connectivity index (χ3n) is 8.27. The molecule has 11 nitrogen and oxygen atoms in total. The van der Waals surface area contributed by atoms with E-state index in [9.17, 15) is 14.7 Å². The third kappa shape index (κ3) is 5.17.